The Bertz CT molecular complexity index is 1410. The molecule has 11 heteroatoms. The van der Waals surface area contributed by atoms with Crippen LogP contribution in [0.2, 0.25) is 0 Å². The van der Waals surface area contributed by atoms with Crippen LogP contribution in [0.4, 0.5) is 4.79 Å². The first-order valence-electron chi connectivity index (χ1n) is 10.7. The predicted octanol–water partition coefficient (Wildman–Crippen LogP) is 2.43. The van der Waals surface area contributed by atoms with Gasteiger partial charge in [-0.25, -0.2) is 4.79 Å². The van der Waals surface area contributed by atoms with Gasteiger partial charge in [-0.2, -0.15) is 0 Å². The maximum atomic E-state index is 13.4. The van der Waals surface area contributed by atoms with Gasteiger partial charge in [0.1, 0.15) is 5.75 Å². The van der Waals surface area contributed by atoms with Crippen molar-refractivity contribution in [3.63, 3.8) is 0 Å². The lowest BCUT2D eigenvalue weighted by atomic mass is 10.2. The highest BCUT2D eigenvalue weighted by Gasteiger charge is 2.19. The van der Waals surface area contributed by atoms with E-state index in [0.717, 1.165) is 23.7 Å². The Balaban J connectivity index is 1.70. The molecule has 3 amide bonds. The zero-order valence-electron chi connectivity index (χ0n) is 18.8. The normalized spacial score (nSPS) is 11.0. The van der Waals surface area contributed by atoms with E-state index in [1.807, 2.05) is 43.3 Å². The van der Waals surface area contributed by atoms with Crippen LogP contribution in [0.15, 0.2) is 58.5 Å². The van der Waals surface area contributed by atoms with E-state index < -0.39 is 11.9 Å². The Kier molecular flexibility index (Phi) is 7.12. The Morgan fingerprint density at radius 2 is 1.85 bits per heavy atom. The average molecular weight is 481 g/mol. The molecule has 10 nitrogen and oxygen atoms in total. The fourth-order valence-corrected chi connectivity index (χ4v) is 4.29. The molecule has 176 valence electrons. The number of hydrogen-bond donors (Lipinski definition) is 2. The number of nitrogens with zero attached hydrogens (tertiary/aromatic N) is 4. The Morgan fingerprint density at radius 3 is 2.65 bits per heavy atom. The van der Waals surface area contributed by atoms with Gasteiger partial charge in [0.05, 0.1) is 30.3 Å². The average Bonchev–Trinajstić information content (AvgIpc) is 3.28. The molecule has 2 heterocycles. The number of methoxy groups -OCH3 is 1. The van der Waals surface area contributed by atoms with E-state index in [-0.39, 0.29) is 17.9 Å². The van der Waals surface area contributed by atoms with Crippen molar-refractivity contribution in [2.45, 2.75) is 25.0 Å². The number of nitrogens with one attached hydrogen (secondary N) is 2. The molecule has 0 fully saturated rings. The molecule has 0 saturated carbocycles. The number of rotatable bonds is 8. The van der Waals surface area contributed by atoms with Gasteiger partial charge < -0.3 is 10.1 Å². The second kappa shape index (κ2) is 10.4. The van der Waals surface area contributed by atoms with E-state index in [9.17, 15) is 14.4 Å². The molecule has 4 aromatic rings. The van der Waals surface area contributed by atoms with Gasteiger partial charge in [0, 0.05) is 12.1 Å². The third-order valence-corrected chi connectivity index (χ3v) is 6.05. The first kappa shape index (κ1) is 23.3. The van der Waals surface area contributed by atoms with Crippen LogP contribution in [0, 0.1) is 0 Å². The topological polar surface area (TPSA) is 120 Å². The van der Waals surface area contributed by atoms with Crippen LogP contribution in [0.1, 0.15) is 18.9 Å². The monoisotopic (exact) mass is 480 g/mol. The Labute approximate surface area is 199 Å². The van der Waals surface area contributed by atoms with Crippen LogP contribution in [0.5, 0.6) is 5.75 Å². The number of thioether (sulfide) groups is 1. The van der Waals surface area contributed by atoms with E-state index in [4.69, 9.17) is 4.74 Å². The number of imide groups is 1. The van der Waals surface area contributed by atoms with Crippen molar-refractivity contribution in [3.8, 4) is 5.75 Å². The van der Waals surface area contributed by atoms with Gasteiger partial charge in [-0.15, -0.1) is 10.2 Å². The lowest BCUT2D eigenvalue weighted by Gasteiger charge is -2.13. The number of urea groups is 1. The molecule has 0 bridgehead atoms. The molecular formula is C23H24N6O4S. The van der Waals surface area contributed by atoms with Crippen LogP contribution in [0.25, 0.3) is 16.7 Å². The third kappa shape index (κ3) is 4.74. The van der Waals surface area contributed by atoms with Gasteiger partial charge in [0.15, 0.2) is 5.16 Å². The van der Waals surface area contributed by atoms with Gasteiger partial charge in [-0.05, 0) is 24.6 Å². The minimum atomic E-state index is -0.533. The maximum Gasteiger partial charge on any atom is 0.321 e. The maximum absolute atomic E-state index is 13.4. The highest BCUT2D eigenvalue weighted by Crippen LogP contribution is 2.23. The van der Waals surface area contributed by atoms with Gasteiger partial charge in [0.25, 0.3) is 5.56 Å². The third-order valence-electron chi connectivity index (χ3n) is 5.12. The van der Waals surface area contributed by atoms with Crippen LogP contribution < -0.4 is 20.9 Å². The molecule has 4 rings (SSSR count). The van der Waals surface area contributed by atoms with Crippen molar-refractivity contribution in [1.29, 1.82) is 0 Å². The van der Waals surface area contributed by atoms with Crippen LogP contribution in [0.3, 0.4) is 0 Å². The summed E-state index contributed by atoms with van der Waals surface area (Å²) in [6.07, 6.45) is 0.770. The summed E-state index contributed by atoms with van der Waals surface area (Å²) >= 11 is 1.13. The molecular weight excluding hydrogens is 456 g/mol. The summed E-state index contributed by atoms with van der Waals surface area (Å²) in [6.45, 7) is 2.64. The quantitative estimate of drug-likeness (QED) is 0.372. The molecule has 0 spiro atoms. The lowest BCUT2D eigenvalue weighted by Crippen LogP contribution is -2.40. The van der Waals surface area contributed by atoms with Gasteiger partial charge >= 0.3 is 6.03 Å². The van der Waals surface area contributed by atoms with Crippen molar-refractivity contribution in [3.05, 3.63) is 64.4 Å². The molecule has 0 aliphatic carbocycles. The largest absolute Gasteiger partial charge is 0.496 e. The summed E-state index contributed by atoms with van der Waals surface area (Å²) < 4.78 is 8.73. The van der Waals surface area contributed by atoms with Crippen LogP contribution in [-0.4, -0.2) is 50.5 Å². The zero-order valence-corrected chi connectivity index (χ0v) is 19.6. The Hall–Kier alpha value is -3.86. The van der Waals surface area contributed by atoms with Crippen molar-refractivity contribution < 1.29 is 14.3 Å². The number of carbonyl (C=O) groups excluding carboxylic acids is 2. The zero-order chi connectivity index (χ0) is 24.1. The van der Waals surface area contributed by atoms with Crippen molar-refractivity contribution in [2.24, 2.45) is 0 Å². The molecule has 0 unspecified atom stereocenters. The number of ether oxygens (including phenoxy) is 1. The van der Waals surface area contributed by atoms with Gasteiger partial charge in [-0.3, -0.25) is 23.9 Å². The summed E-state index contributed by atoms with van der Waals surface area (Å²) in [6, 6.07) is 14.1. The van der Waals surface area contributed by atoms with E-state index >= 15 is 0 Å². The SMILES string of the molecule is CCCNC(=O)NC(=O)CSc1nnc2n(Cc3ccccc3OC)c(=O)c3ccccc3n12. The number of benzene rings is 2. The summed E-state index contributed by atoms with van der Waals surface area (Å²) in [5.74, 6) is 0.508. The molecule has 0 aliphatic heterocycles. The first-order chi connectivity index (χ1) is 16.5. The molecule has 0 radical (unpaired) electrons. The minimum absolute atomic E-state index is 0.0414. The number of fused-ring (bicyclic) bond motifs is 3. The number of aromatic nitrogens is 4. The van der Waals surface area contributed by atoms with E-state index in [1.165, 1.54) is 4.57 Å². The predicted molar refractivity (Wildman–Crippen MR) is 129 cm³/mol. The number of carbonyl (C=O) groups is 2. The second-order valence-corrected chi connectivity index (χ2v) is 8.37. The second-order valence-electron chi connectivity index (χ2n) is 7.43. The number of hydrogen-bond acceptors (Lipinski definition) is 7. The number of amides is 3. The molecule has 0 aliphatic rings. The van der Waals surface area contributed by atoms with Crippen molar-refractivity contribution in [2.75, 3.05) is 19.4 Å². The van der Waals surface area contributed by atoms with Gasteiger partial charge in [0.2, 0.25) is 11.7 Å². The fraction of sp³-hybridized carbons (Fsp3) is 0.261. The van der Waals surface area contributed by atoms with Crippen molar-refractivity contribution >= 4 is 40.4 Å². The van der Waals surface area contributed by atoms with E-state index in [2.05, 4.69) is 20.8 Å². The minimum Gasteiger partial charge on any atom is -0.496 e. The lowest BCUT2D eigenvalue weighted by molar-refractivity contribution is -0.117. The summed E-state index contributed by atoms with van der Waals surface area (Å²) in [5, 5.41) is 14.3. The standard InChI is InChI=1S/C23H24N6O4S/c1-3-12-24-21(32)25-19(30)14-34-23-27-26-22-28(13-15-8-4-7-11-18(15)33-2)20(31)16-9-5-6-10-17(16)29(22)23/h4-11H,3,12-14H2,1-2H3,(H2,24,25,30,32). The molecule has 2 N–H and O–H groups in total. The van der Waals surface area contributed by atoms with Gasteiger partial charge in [-0.1, -0.05) is 49.0 Å². The van der Waals surface area contributed by atoms with Crippen molar-refractivity contribution in [1.82, 2.24) is 29.8 Å². The summed E-state index contributed by atoms with van der Waals surface area (Å²) in [4.78, 5) is 37.3. The fourth-order valence-electron chi connectivity index (χ4n) is 3.55. The molecule has 0 saturated heterocycles. The molecule has 2 aromatic heterocycles. The molecule has 0 atom stereocenters. The molecule has 2 aromatic carbocycles. The van der Waals surface area contributed by atoms with E-state index in [1.54, 1.807) is 23.6 Å². The first-order valence-corrected chi connectivity index (χ1v) is 11.7. The molecule has 34 heavy (non-hydrogen) atoms. The summed E-state index contributed by atoms with van der Waals surface area (Å²) in [5.41, 5.74) is 1.25. The summed E-state index contributed by atoms with van der Waals surface area (Å²) in [7, 11) is 1.58. The highest BCUT2D eigenvalue weighted by molar-refractivity contribution is 7.99. The van der Waals surface area contributed by atoms with E-state index in [0.29, 0.717) is 34.1 Å². The smallest absolute Gasteiger partial charge is 0.321 e. The Morgan fingerprint density at radius 1 is 1.09 bits per heavy atom. The number of para-hydroxylation sites is 2. The van der Waals surface area contributed by atoms with Crippen LogP contribution >= 0.6 is 11.8 Å². The highest BCUT2D eigenvalue weighted by atomic mass is 32.2. The van der Waals surface area contributed by atoms with Crippen LogP contribution in [-0.2, 0) is 11.3 Å².